The highest BCUT2D eigenvalue weighted by Gasteiger charge is 2.18. The first-order valence-corrected chi connectivity index (χ1v) is 6.11. The Hall–Kier alpha value is -1.95. The third kappa shape index (κ3) is 2.58. The molecule has 1 aromatic carbocycles. The van der Waals surface area contributed by atoms with Gasteiger partial charge in [0.05, 0.1) is 5.69 Å². The first kappa shape index (κ1) is 13.5. The van der Waals surface area contributed by atoms with Crippen LogP contribution in [0.15, 0.2) is 34.9 Å². The van der Waals surface area contributed by atoms with E-state index in [1.165, 1.54) is 37.4 Å². The van der Waals surface area contributed by atoms with Crippen LogP contribution in [-0.4, -0.2) is 21.4 Å². The molecule has 0 unspecified atom stereocenters. The van der Waals surface area contributed by atoms with Gasteiger partial charge >= 0.3 is 5.97 Å². The molecular formula is C13H9BrFNO3. The molecular weight excluding hydrogens is 317 g/mol. The van der Waals surface area contributed by atoms with E-state index < -0.39 is 11.8 Å². The number of nitrogens with zero attached hydrogens (tertiary/aromatic N) is 1. The van der Waals surface area contributed by atoms with E-state index in [4.69, 9.17) is 5.11 Å². The van der Waals surface area contributed by atoms with Gasteiger partial charge in [-0.25, -0.2) is 9.18 Å². The van der Waals surface area contributed by atoms with Crippen LogP contribution in [0.3, 0.4) is 0 Å². The Kier molecular flexibility index (Phi) is 3.53. The van der Waals surface area contributed by atoms with Crippen molar-refractivity contribution in [3.8, 4) is 5.69 Å². The summed E-state index contributed by atoms with van der Waals surface area (Å²) >= 11 is 3.20. The number of rotatable bonds is 3. The zero-order chi connectivity index (χ0) is 14.2. The fraction of sp³-hybridized carbons (Fsp3) is 0.0769. The van der Waals surface area contributed by atoms with Gasteiger partial charge in [0.15, 0.2) is 5.78 Å². The molecule has 0 fully saturated rings. The maximum absolute atomic E-state index is 13.8. The molecule has 1 N–H and O–H groups in total. The lowest BCUT2D eigenvalue weighted by molar-refractivity contribution is 0.0688. The van der Waals surface area contributed by atoms with Crippen LogP contribution in [0.2, 0.25) is 0 Å². The second-order valence-corrected chi connectivity index (χ2v) is 4.86. The van der Waals surface area contributed by atoms with Crippen molar-refractivity contribution >= 4 is 27.7 Å². The standard InChI is InChI=1S/C13H9BrFNO3/c1-7(17)8-4-12(13(18)19)16(6-8)11-5-9(14)2-3-10(11)15/h2-6H,1H3,(H,18,19). The maximum atomic E-state index is 13.8. The largest absolute Gasteiger partial charge is 0.477 e. The third-order valence-corrected chi connectivity index (χ3v) is 3.11. The number of hydrogen-bond donors (Lipinski definition) is 1. The Morgan fingerprint density at radius 1 is 1.32 bits per heavy atom. The number of carboxylic acids is 1. The van der Waals surface area contributed by atoms with Gasteiger partial charge in [-0.05, 0) is 31.2 Å². The van der Waals surface area contributed by atoms with Gasteiger partial charge in [0, 0.05) is 16.2 Å². The van der Waals surface area contributed by atoms with Crippen molar-refractivity contribution in [1.29, 1.82) is 0 Å². The fourth-order valence-corrected chi connectivity index (χ4v) is 2.04. The molecule has 0 aliphatic rings. The van der Waals surface area contributed by atoms with Crippen LogP contribution in [0.5, 0.6) is 0 Å². The van der Waals surface area contributed by atoms with E-state index >= 15 is 0 Å². The smallest absolute Gasteiger partial charge is 0.352 e. The highest BCUT2D eigenvalue weighted by atomic mass is 79.9. The lowest BCUT2D eigenvalue weighted by atomic mass is 10.2. The molecule has 0 aliphatic heterocycles. The predicted octanol–water partition coefficient (Wildman–Crippen LogP) is 3.28. The van der Waals surface area contributed by atoms with Crippen molar-refractivity contribution in [3.05, 3.63) is 52.0 Å². The molecule has 1 heterocycles. The second-order valence-electron chi connectivity index (χ2n) is 3.94. The number of aromatic carboxylic acids is 1. The van der Waals surface area contributed by atoms with Gasteiger partial charge in [-0.15, -0.1) is 0 Å². The number of carbonyl (C=O) groups excluding carboxylic acids is 1. The third-order valence-electron chi connectivity index (χ3n) is 2.61. The summed E-state index contributed by atoms with van der Waals surface area (Å²) in [6.45, 7) is 1.32. The summed E-state index contributed by atoms with van der Waals surface area (Å²) in [5, 5.41) is 9.12. The van der Waals surface area contributed by atoms with E-state index in [1.807, 2.05) is 0 Å². The molecule has 0 saturated carbocycles. The summed E-state index contributed by atoms with van der Waals surface area (Å²) in [5.74, 6) is -2.08. The van der Waals surface area contributed by atoms with Gasteiger partial charge < -0.3 is 9.67 Å². The van der Waals surface area contributed by atoms with Crippen LogP contribution in [0.4, 0.5) is 4.39 Å². The van der Waals surface area contributed by atoms with E-state index in [0.717, 1.165) is 4.57 Å². The minimum atomic E-state index is -1.23. The van der Waals surface area contributed by atoms with E-state index in [0.29, 0.717) is 4.47 Å². The van der Waals surface area contributed by atoms with E-state index in [2.05, 4.69) is 15.9 Å². The highest BCUT2D eigenvalue weighted by molar-refractivity contribution is 9.10. The summed E-state index contributed by atoms with van der Waals surface area (Å²) in [4.78, 5) is 22.5. The summed E-state index contributed by atoms with van der Waals surface area (Å²) in [6.07, 6.45) is 1.32. The molecule has 4 nitrogen and oxygen atoms in total. The lowest BCUT2D eigenvalue weighted by Crippen LogP contribution is -2.07. The number of aromatic nitrogens is 1. The Balaban J connectivity index is 2.70. The Bertz CT molecular complexity index is 679. The fourth-order valence-electron chi connectivity index (χ4n) is 1.69. The van der Waals surface area contributed by atoms with Gasteiger partial charge in [0.1, 0.15) is 11.5 Å². The molecule has 6 heteroatoms. The van der Waals surface area contributed by atoms with Crippen molar-refractivity contribution in [1.82, 2.24) is 4.57 Å². The average molecular weight is 326 g/mol. The van der Waals surface area contributed by atoms with Gasteiger partial charge in [-0.1, -0.05) is 15.9 Å². The van der Waals surface area contributed by atoms with E-state index in [1.54, 1.807) is 0 Å². The normalized spacial score (nSPS) is 10.5. The predicted molar refractivity (Wildman–Crippen MR) is 70.4 cm³/mol. The highest BCUT2D eigenvalue weighted by Crippen LogP contribution is 2.23. The minimum absolute atomic E-state index is 0.0688. The van der Waals surface area contributed by atoms with Crippen LogP contribution in [0.1, 0.15) is 27.8 Å². The van der Waals surface area contributed by atoms with Crippen LogP contribution >= 0.6 is 15.9 Å². The van der Waals surface area contributed by atoms with Crippen molar-refractivity contribution < 1.29 is 19.1 Å². The van der Waals surface area contributed by atoms with Crippen molar-refractivity contribution in [2.75, 3.05) is 0 Å². The monoisotopic (exact) mass is 325 g/mol. The Labute approximate surface area is 116 Å². The SMILES string of the molecule is CC(=O)c1cc(C(=O)O)n(-c2cc(Br)ccc2F)c1. The molecule has 98 valence electrons. The molecule has 2 rings (SSSR count). The quantitative estimate of drug-likeness (QED) is 0.881. The lowest BCUT2D eigenvalue weighted by Gasteiger charge is -2.07. The average Bonchev–Trinajstić information content (AvgIpc) is 2.77. The number of halogens is 2. The van der Waals surface area contributed by atoms with Gasteiger partial charge in [0.25, 0.3) is 0 Å². The number of ketones is 1. The first-order chi connectivity index (χ1) is 8.90. The molecule has 0 spiro atoms. The van der Waals surface area contributed by atoms with E-state index in [9.17, 15) is 14.0 Å². The molecule has 0 atom stereocenters. The maximum Gasteiger partial charge on any atom is 0.352 e. The molecule has 19 heavy (non-hydrogen) atoms. The van der Waals surface area contributed by atoms with Gasteiger partial charge in [0.2, 0.25) is 0 Å². The minimum Gasteiger partial charge on any atom is -0.477 e. The van der Waals surface area contributed by atoms with Crippen molar-refractivity contribution in [2.24, 2.45) is 0 Å². The van der Waals surface area contributed by atoms with Gasteiger partial charge in [-0.3, -0.25) is 4.79 Å². The zero-order valence-electron chi connectivity index (χ0n) is 9.85. The Morgan fingerprint density at radius 3 is 2.58 bits per heavy atom. The first-order valence-electron chi connectivity index (χ1n) is 5.32. The molecule has 0 saturated heterocycles. The molecule has 0 amide bonds. The number of carboxylic acid groups (broad SMARTS) is 1. The number of benzene rings is 1. The molecule has 0 bridgehead atoms. The molecule has 0 radical (unpaired) electrons. The topological polar surface area (TPSA) is 59.3 Å². The van der Waals surface area contributed by atoms with E-state index in [-0.39, 0.29) is 22.7 Å². The number of Topliss-reactive ketones (excluding diaryl/α,β-unsaturated/α-hetero) is 1. The van der Waals surface area contributed by atoms with Crippen LogP contribution < -0.4 is 0 Å². The molecule has 2 aromatic rings. The zero-order valence-corrected chi connectivity index (χ0v) is 11.4. The molecule has 1 aromatic heterocycles. The van der Waals surface area contributed by atoms with Crippen molar-refractivity contribution in [3.63, 3.8) is 0 Å². The summed E-state index contributed by atoms with van der Waals surface area (Å²) in [6, 6.07) is 5.41. The summed E-state index contributed by atoms with van der Waals surface area (Å²) in [5.41, 5.74) is 0.123. The number of hydrogen-bond acceptors (Lipinski definition) is 2. The summed E-state index contributed by atoms with van der Waals surface area (Å²) < 4.78 is 15.6. The second kappa shape index (κ2) is 4.97. The molecule has 0 aliphatic carbocycles. The van der Waals surface area contributed by atoms with Crippen LogP contribution in [0.25, 0.3) is 5.69 Å². The van der Waals surface area contributed by atoms with Crippen LogP contribution in [0, 0.1) is 5.82 Å². The van der Waals surface area contributed by atoms with Gasteiger partial charge in [-0.2, -0.15) is 0 Å². The summed E-state index contributed by atoms with van der Waals surface area (Å²) in [7, 11) is 0. The number of carbonyl (C=O) groups is 2. The van der Waals surface area contributed by atoms with Crippen molar-refractivity contribution in [2.45, 2.75) is 6.92 Å². The Morgan fingerprint density at radius 2 is 2.00 bits per heavy atom. The van der Waals surface area contributed by atoms with Crippen LogP contribution in [-0.2, 0) is 0 Å².